The van der Waals surface area contributed by atoms with Crippen molar-refractivity contribution in [2.75, 3.05) is 72.6 Å². The van der Waals surface area contributed by atoms with E-state index in [1.165, 1.54) is 116 Å². The summed E-state index contributed by atoms with van der Waals surface area (Å²) >= 11 is 0. The van der Waals surface area contributed by atoms with Crippen LogP contribution in [-0.2, 0) is 40.0 Å². The molecule has 29 heteroatoms. The van der Waals surface area contributed by atoms with E-state index < -0.39 is 0 Å². The van der Waals surface area contributed by atoms with Gasteiger partial charge in [-0.3, -0.25) is 4.79 Å². The highest BCUT2D eigenvalue weighted by atomic mass is 16.5. The van der Waals surface area contributed by atoms with Crippen molar-refractivity contribution in [1.82, 2.24) is 71.6 Å². The molecule has 0 radical (unpaired) electrons. The third-order valence-electron chi connectivity index (χ3n) is 25.6. The summed E-state index contributed by atoms with van der Waals surface area (Å²) < 4.78 is 49.9. The van der Waals surface area contributed by atoms with E-state index >= 15 is 0 Å². The van der Waals surface area contributed by atoms with Crippen LogP contribution in [0.15, 0.2) is 164 Å². The second-order valence-electron chi connectivity index (χ2n) is 37.0. The number of fused-ring (bicyclic) bond motifs is 4. The molecule has 2 aliphatic heterocycles. The second kappa shape index (κ2) is 47.9. The highest BCUT2D eigenvalue weighted by Gasteiger charge is 2.33. The van der Waals surface area contributed by atoms with E-state index in [4.69, 9.17) is 41.8 Å². The van der Waals surface area contributed by atoms with Crippen LogP contribution in [0, 0.1) is 45.3 Å². The minimum Gasteiger partial charge on any atom is -0.490 e. The molecule has 2 saturated heterocycles. The third-order valence-corrected chi connectivity index (χ3v) is 25.6. The Morgan fingerprint density at radius 3 is 0.928 bits per heavy atom. The summed E-state index contributed by atoms with van der Waals surface area (Å²) in [4.78, 5) is 46.2. The zero-order chi connectivity index (χ0) is 96.6. The number of nitriles is 4. The summed E-state index contributed by atoms with van der Waals surface area (Å²) in [5.74, 6) is 6.06. The number of nitrogens with one attached hydrogen (secondary N) is 4. The number of piperidine rings is 2. The largest absolute Gasteiger partial charge is 0.490 e. The van der Waals surface area contributed by atoms with E-state index in [0.29, 0.717) is 139 Å². The number of ketones is 1. The number of carbonyl (C=O) groups excluding carboxylic acids is 2. The van der Waals surface area contributed by atoms with Crippen LogP contribution in [0.3, 0.4) is 0 Å². The molecule has 0 spiro atoms. The highest BCUT2D eigenvalue weighted by Crippen LogP contribution is 2.44. The van der Waals surface area contributed by atoms with Gasteiger partial charge in [-0.2, -0.15) is 41.0 Å². The molecular weight excluding hydrogens is 1740 g/mol. The van der Waals surface area contributed by atoms with Crippen molar-refractivity contribution in [2.24, 2.45) is 0 Å². The monoisotopic (exact) mass is 1860 g/mol. The van der Waals surface area contributed by atoms with E-state index in [0.717, 1.165) is 132 Å². The first kappa shape index (κ1) is 98.9. The van der Waals surface area contributed by atoms with Gasteiger partial charge in [-0.25, -0.2) is 0 Å². The molecule has 2 fully saturated rings. The number of hydrogen-bond acceptors (Lipinski definition) is 29. The summed E-state index contributed by atoms with van der Waals surface area (Å²) in [7, 11) is 1.42. The van der Waals surface area contributed by atoms with Crippen LogP contribution in [0.1, 0.15) is 250 Å². The molecule has 0 saturated carbocycles. The van der Waals surface area contributed by atoms with Crippen molar-refractivity contribution < 1.29 is 51.4 Å². The average Bonchev–Trinajstić information content (AvgIpc) is 1.65. The Morgan fingerprint density at radius 1 is 0.377 bits per heavy atom. The molecule has 0 amide bonds. The van der Waals surface area contributed by atoms with Gasteiger partial charge >= 0.3 is 5.97 Å². The van der Waals surface area contributed by atoms with Gasteiger partial charge in [0.2, 0.25) is 23.3 Å². The minimum absolute atomic E-state index is 0.00813. The predicted molar refractivity (Wildman–Crippen MR) is 525 cm³/mol. The Labute approximate surface area is 807 Å². The quantitative estimate of drug-likeness (QED) is 0.0212. The molecule has 4 aromatic heterocycles. The number of unbranched alkanes of at least 4 members (excludes halogenated alkanes) is 1. The van der Waals surface area contributed by atoms with Gasteiger partial charge in [0.15, 0.2) is 0 Å². The maximum Gasteiger partial charge on any atom is 0.305 e. The lowest BCUT2D eigenvalue weighted by atomic mass is 10.0. The molecule has 0 bridgehead atoms. The maximum absolute atomic E-state index is 11.3. The van der Waals surface area contributed by atoms with E-state index in [1.54, 1.807) is 55.5 Å². The number of esters is 1. The van der Waals surface area contributed by atoms with E-state index in [-0.39, 0.29) is 48.3 Å². The second-order valence-corrected chi connectivity index (χ2v) is 37.0. The minimum atomic E-state index is -0.163. The first-order valence-corrected chi connectivity index (χ1v) is 48.8. The zero-order valence-corrected chi connectivity index (χ0v) is 80.7. The van der Waals surface area contributed by atoms with Gasteiger partial charge in [0, 0.05) is 108 Å². The fourth-order valence-corrected chi connectivity index (χ4v) is 19.1. The molecule has 18 rings (SSSR count). The zero-order valence-electron chi connectivity index (χ0n) is 80.7. The molecule has 6 aliphatic rings. The Balaban J connectivity index is 0.000000140. The van der Waals surface area contributed by atoms with E-state index in [1.807, 2.05) is 104 Å². The highest BCUT2D eigenvalue weighted by molar-refractivity contribution is 5.76. The van der Waals surface area contributed by atoms with Crippen molar-refractivity contribution in [3.8, 4) is 139 Å². The SMILES string of the molecule is CC(=O)CCCN[C@H]1CCc2c(-c3noc(-c4ccc(OC(C)C)c(C#N)c4)n3)cccc21.CC(C)Oc1ccc(-c2nc(-c3cccc4c3CCC4NCCN3CCCCC3)no2)cc1C#N.CC(C)Oc1ccc(-c2nc(-c3cccc4c3CCC4NCCN3CCCCC3)no2)cc1C#N.COC(=O)CCCCNC1CCc2c(-c3noc(-c4ccc(OC(C)C)c(C#N)c4)n3)cccc21. The van der Waals surface area contributed by atoms with Crippen LogP contribution in [0.5, 0.6) is 23.0 Å². The number of nitrogens with zero attached hydrogens (tertiary/aromatic N) is 14. The number of Topliss-reactive ketones (excluding diaryl/α,β-unsaturated/α-hetero) is 1. The van der Waals surface area contributed by atoms with Gasteiger partial charge in [0.05, 0.1) is 53.8 Å². The topological polar surface area (TPSA) is 386 Å². The summed E-state index contributed by atoms with van der Waals surface area (Å²) in [6.07, 6.45) is 19.6. The molecule has 138 heavy (non-hydrogen) atoms. The number of benzene rings is 8. The van der Waals surface area contributed by atoms with Gasteiger partial charge in [0.1, 0.15) is 53.1 Å². The van der Waals surface area contributed by atoms with Crippen molar-refractivity contribution in [2.45, 2.75) is 233 Å². The molecule has 8 aromatic carbocycles. The number of ether oxygens (including phenoxy) is 5. The van der Waals surface area contributed by atoms with Gasteiger partial charge in [-0.05, 0) is 315 Å². The number of hydrogen-bond donors (Lipinski definition) is 4. The van der Waals surface area contributed by atoms with Gasteiger partial charge in [0.25, 0.3) is 23.6 Å². The fraction of sp³-hybridized carbons (Fsp3) is 0.431. The van der Waals surface area contributed by atoms with Crippen molar-refractivity contribution >= 4 is 11.8 Å². The summed E-state index contributed by atoms with van der Waals surface area (Å²) in [6, 6.07) is 56.5. The van der Waals surface area contributed by atoms with Crippen LogP contribution < -0.4 is 40.2 Å². The van der Waals surface area contributed by atoms with Gasteiger partial charge < -0.3 is 77.6 Å². The third kappa shape index (κ3) is 25.2. The molecule has 29 nitrogen and oxygen atoms in total. The molecule has 3 unspecified atom stereocenters. The van der Waals surface area contributed by atoms with Crippen LogP contribution in [-0.4, -0.2) is 159 Å². The molecule has 4 aliphatic carbocycles. The first-order valence-electron chi connectivity index (χ1n) is 48.8. The lowest BCUT2D eigenvalue weighted by Crippen LogP contribution is -2.36. The standard InChI is InChI=1S/2C28H33N5O2.C27H30N4O4.C26H28N4O3/c2*1-19(2)34-26-12-9-20(17-21(26)18-29)28-31-27(32-35-28)24-8-6-7-23-22(24)10-11-25(23)30-13-16-33-14-4-3-5-15-33;1-17(2)34-24-13-10-18(15-19(24)16-28)27-30-26(31-35-27)22-8-6-7-21-20(22)11-12-23(21)29-14-5-4-9-25(32)33-3;1-16(2)32-24-12-9-18(14-19(24)15-27)26-29-25(30-33-26)22-8-4-7-21-20(22)10-11-23(21)28-13-5-6-17(3)31/h2*6-9,12,17,19,25,30H,3-5,10-11,13-16H2,1-2H3;6-8,10,13,15,17,23,29H,4-5,9,11-12,14H2,1-3H3;4,7-9,12,14,16,23,28H,5-6,10-11,13H2,1-3H3/t;;;23-/m...0/s1. The van der Waals surface area contributed by atoms with Crippen molar-refractivity contribution in [3.05, 3.63) is 212 Å². The van der Waals surface area contributed by atoms with E-state index in [2.05, 4.69) is 144 Å². The lowest BCUT2D eigenvalue weighted by molar-refractivity contribution is -0.140. The molecule has 6 heterocycles. The Bertz CT molecular complexity index is 6160. The van der Waals surface area contributed by atoms with Crippen LogP contribution >= 0.6 is 0 Å². The van der Waals surface area contributed by atoms with Crippen molar-refractivity contribution in [3.63, 3.8) is 0 Å². The molecular formula is C109H124N18O11. The number of aromatic nitrogens is 8. The lowest BCUT2D eigenvalue weighted by Gasteiger charge is -2.27. The van der Waals surface area contributed by atoms with Crippen LogP contribution in [0.2, 0.25) is 0 Å². The van der Waals surface area contributed by atoms with Crippen LogP contribution in [0.25, 0.3) is 91.4 Å². The smallest absolute Gasteiger partial charge is 0.305 e. The average molecular weight is 1860 g/mol. The van der Waals surface area contributed by atoms with Gasteiger partial charge in [-0.1, -0.05) is 106 Å². The number of likely N-dealkylation sites (tertiary alicyclic amines) is 2. The first-order chi connectivity index (χ1) is 67.2. The maximum atomic E-state index is 11.3. The molecule has 716 valence electrons. The Hall–Kier alpha value is -13.6. The molecule has 4 atom stereocenters. The molecule has 12 aromatic rings. The summed E-state index contributed by atoms with van der Waals surface area (Å²) in [5.41, 5.74) is 18.8. The molecule has 4 N–H and O–H groups in total. The Kier molecular flexibility index (Phi) is 34.3. The number of methoxy groups -OCH3 is 1. The normalized spacial score (nSPS) is 16.3. The van der Waals surface area contributed by atoms with Crippen molar-refractivity contribution in [1.29, 1.82) is 21.0 Å². The van der Waals surface area contributed by atoms with Crippen LogP contribution in [0.4, 0.5) is 0 Å². The number of rotatable bonds is 35. The van der Waals surface area contributed by atoms with E-state index in [9.17, 15) is 30.6 Å². The Morgan fingerprint density at radius 2 is 0.659 bits per heavy atom. The van der Waals surface area contributed by atoms with Gasteiger partial charge in [-0.15, -0.1) is 0 Å². The summed E-state index contributed by atoms with van der Waals surface area (Å²) in [5, 5.41) is 69.9. The number of carbonyl (C=O) groups is 2. The fourth-order valence-electron chi connectivity index (χ4n) is 19.1. The summed E-state index contributed by atoms with van der Waals surface area (Å²) in [6.45, 7) is 27.9. The predicted octanol–water partition coefficient (Wildman–Crippen LogP) is 20.2.